The van der Waals surface area contributed by atoms with Gasteiger partial charge in [-0.15, -0.1) is 0 Å². The van der Waals surface area contributed by atoms with Crippen LogP contribution in [0.15, 0.2) is 30.5 Å². The molecule has 1 N–H and O–H groups in total. The van der Waals surface area contributed by atoms with Crippen molar-refractivity contribution in [3.63, 3.8) is 0 Å². The van der Waals surface area contributed by atoms with Crippen LogP contribution in [-0.4, -0.2) is 35.1 Å². The maximum absolute atomic E-state index is 13.1. The Bertz CT molecular complexity index is 647. The maximum atomic E-state index is 13.1. The molecule has 0 bridgehead atoms. The first-order chi connectivity index (χ1) is 9.47. The molecule has 2 aromatic rings. The zero-order chi connectivity index (χ0) is 14.7. The number of aromatic carboxylic acids is 1. The van der Waals surface area contributed by atoms with Gasteiger partial charge in [-0.1, -0.05) is 0 Å². The van der Waals surface area contributed by atoms with Crippen molar-refractivity contribution in [1.29, 1.82) is 0 Å². The zero-order valence-electron chi connectivity index (χ0n) is 10.9. The van der Waals surface area contributed by atoms with Gasteiger partial charge in [0.1, 0.15) is 17.1 Å². The van der Waals surface area contributed by atoms with Crippen molar-refractivity contribution in [3.05, 3.63) is 41.8 Å². The summed E-state index contributed by atoms with van der Waals surface area (Å²) in [5.41, 5.74) is -0.269. The van der Waals surface area contributed by atoms with E-state index in [-0.39, 0.29) is 17.2 Å². The van der Waals surface area contributed by atoms with Gasteiger partial charge >= 0.3 is 5.97 Å². The highest BCUT2D eigenvalue weighted by Crippen LogP contribution is 2.25. The van der Waals surface area contributed by atoms with Crippen LogP contribution in [0.25, 0.3) is 0 Å². The van der Waals surface area contributed by atoms with Crippen molar-refractivity contribution in [2.75, 3.05) is 19.0 Å². The van der Waals surface area contributed by atoms with Gasteiger partial charge in [0.15, 0.2) is 0 Å². The molecule has 7 heteroatoms. The highest BCUT2D eigenvalue weighted by molar-refractivity contribution is 5.90. The molecule has 0 saturated carbocycles. The van der Waals surface area contributed by atoms with E-state index >= 15 is 0 Å². The molecule has 0 fully saturated rings. The molecule has 104 valence electrons. The Morgan fingerprint density at radius 2 is 2.10 bits per heavy atom. The Hall–Kier alpha value is -2.70. The largest absolute Gasteiger partial charge is 0.478 e. The molecule has 0 aliphatic heterocycles. The van der Waals surface area contributed by atoms with Gasteiger partial charge in [-0.05, 0) is 18.2 Å². The molecular formula is C13H12FN3O3. The molecule has 2 rings (SSSR count). The zero-order valence-corrected chi connectivity index (χ0v) is 10.9. The van der Waals surface area contributed by atoms with Gasteiger partial charge < -0.3 is 14.7 Å². The van der Waals surface area contributed by atoms with E-state index in [1.807, 2.05) is 0 Å². The lowest BCUT2D eigenvalue weighted by molar-refractivity contribution is 0.0693. The van der Waals surface area contributed by atoms with Crippen LogP contribution in [-0.2, 0) is 0 Å². The Morgan fingerprint density at radius 1 is 1.35 bits per heavy atom. The molecule has 0 saturated heterocycles. The fourth-order valence-electron chi connectivity index (χ4n) is 1.48. The topological polar surface area (TPSA) is 75.6 Å². The first-order valence-corrected chi connectivity index (χ1v) is 5.68. The fraction of sp³-hybridized carbons (Fsp3) is 0.154. The first kappa shape index (κ1) is 13.7. The third-order valence-corrected chi connectivity index (χ3v) is 2.40. The summed E-state index contributed by atoms with van der Waals surface area (Å²) in [5, 5.41) is 9.02. The summed E-state index contributed by atoms with van der Waals surface area (Å²) < 4.78 is 18.5. The van der Waals surface area contributed by atoms with Crippen LogP contribution in [0.2, 0.25) is 0 Å². The van der Waals surface area contributed by atoms with Crippen molar-refractivity contribution in [1.82, 2.24) is 9.97 Å². The van der Waals surface area contributed by atoms with Crippen molar-refractivity contribution in [3.8, 4) is 11.6 Å². The van der Waals surface area contributed by atoms with E-state index in [2.05, 4.69) is 9.97 Å². The van der Waals surface area contributed by atoms with E-state index in [0.29, 0.717) is 5.95 Å². The highest BCUT2D eigenvalue weighted by atomic mass is 19.1. The van der Waals surface area contributed by atoms with Crippen LogP contribution in [0.3, 0.4) is 0 Å². The lowest BCUT2D eigenvalue weighted by atomic mass is 10.2. The molecule has 0 aliphatic rings. The van der Waals surface area contributed by atoms with Crippen molar-refractivity contribution >= 4 is 11.9 Å². The predicted octanol–water partition coefficient (Wildman–Crippen LogP) is 2.17. The standard InChI is InChI=1S/C13H12FN3O3/c1-17(2)13-15-6-5-11(16-13)20-10-4-3-8(14)7-9(10)12(18)19/h3-7H,1-2H3,(H,18,19). The molecule has 0 atom stereocenters. The molecule has 0 unspecified atom stereocenters. The first-order valence-electron chi connectivity index (χ1n) is 5.68. The number of carbonyl (C=O) groups is 1. The van der Waals surface area contributed by atoms with E-state index in [4.69, 9.17) is 9.84 Å². The minimum Gasteiger partial charge on any atom is -0.478 e. The Balaban J connectivity index is 2.35. The Kier molecular flexibility index (Phi) is 3.79. The number of hydrogen-bond acceptors (Lipinski definition) is 5. The molecule has 1 aromatic heterocycles. The SMILES string of the molecule is CN(C)c1nccc(Oc2ccc(F)cc2C(=O)O)n1. The number of halogens is 1. The Labute approximate surface area is 114 Å². The number of carboxylic acid groups (broad SMARTS) is 1. The van der Waals surface area contributed by atoms with Gasteiger partial charge in [0.2, 0.25) is 11.8 Å². The van der Waals surface area contributed by atoms with Crippen LogP contribution >= 0.6 is 0 Å². The third-order valence-electron chi connectivity index (χ3n) is 2.40. The molecular weight excluding hydrogens is 265 g/mol. The van der Waals surface area contributed by atoms with Gasteiger partial charge in [0, 0.05) is 26.4 Å². The van der Waals surface area contributed by atoms with Gasteiger partial charge in [-0.3, -0.25) is 0 Å². The summed E-state index contributed by atoms with van der Waals surface area (Å²) in [4.78, 5) is 20.8. The average Bonchev–Trinajstić information content (AvgIpc) is 2.41. The third kappa shape index (κ3) is 3.00. The van der Waals surface area contributed by atoms with E-state index in [9.17, 15) is 9.18 Å². The number of nitrogens with zero attached hydrogens (tertiary/aromatic N) is 3. The second-order valence-corrected chi connectivity index (χ2v) is 4.14. The fourth-order valence-corrected chi connectivity index (χ4v) is 1.48. The van der Waals surface area contributed by atoms with E-state index in [1.165, 1.54) is 18.3 Å². The molecule has 0 aliphatic carbocycles. The molecule has 0 radical (unpaired) electrons. The number of carboxylic acids is 1. The highest BCUT2D eigenvalue weighted by Gasteiger charge is 2.14. The monoisotopic (exact) mass is 277 g/mol. The van der Waals surface area contributed by atoms with Crippen molar-refractivity contribution < 1.29 is 19.0 Å². The quantitative estimate of drug-likeness (QED) is 0.923. The number of anilines is 1. The number of aromatic nitrogens is 2. The molecule has 20 heavy (non-hydrogen) atoms. The smallest absolute Gasteiger partial charge is 0.339 e. The van der Waals surface area contributed by atoms with Gasteiger partial charge in [-0.2, -0.15) is 4.98 Å². The van der Waals surface area contributed by atoms with Crippen LogP contribution < -0.4 is 9.64 Å². The summed E-state index contributed by atoms with van der Waals surface area (Å²) in [5.74, 6) is -1.31. The molecule has 1 heterocycles. The molecule has 0 amide bonds. The number of hydrogen-bond donors (Lipinski definition) is 1. The number of rotatable bonds is 4. The summed E-state index contributed by atoms with van der Waals surface area (Å²) in [6.07, 6.45) is 1.49. The van der Waals surface area contributed by atoms with Crippen LogP contribution in [0.1, 0.15) is 10.4 Å². The summed E-state index contributed by atoms with van der Waals surface area (Å²) >= 11 is 0. The van der Waals surface area contributed by atoms with Crippen molar-refractivity contribution in [2.24, 2.45) is 0 Å². The number of benzene rings is 1. The van der Waals surface area contributed by atoms with Crippen LogP contribution in [0.5, 0.6) is 11.6 Å². The Morgan fingerprint density at radius 3 is 2.75 bits per heavy atom. The van der Waals surface area contributed by atoms with Gasteiger partial charge in [0.25, 0.3) is 0 Å². The van der Waals surface area contributed by atoms with Crippen LogP contribution in [0, 0.1) is 5.82 Å². The second kappa shape index (κ2) is 5.52. The van der Waals surface area contributed by atoms with Crippen LogP contribution in [0.4, 0.5) is 10.3 Å². The minimum absolute atomic E-state index is 0.0160. The number of ether oxygens (including phenoxy) is 1. The molecule has 0 spiro atoms. The molecule has 1 aromatic carbocycles. The summed E-state index contributed by atoms with van der Waals surface area (Å²) in [6, 6.07) is 4.75. The summed E-state index contributed by atoms with van der Waals surface area (Å²) in [6.45, 7) is 0. The van der Waals surface area contributed by atoms with E-state index < -0.39 is 11.8 Å². The van der Waals surface area contributed by atoms with Crippen molar-refractivity contribution in [2.45, 2.75) is 0 Å². The van der Waals surface area contributed by atoms with E-state index in [0.717, 1.165) is 12.1 Å². The normalized spacial score (nSPS) is 10.2. The van der Waals surface area contributed by atoms with Gasteiger partial charge in [0.05, 0.1) is 0 Å². The lowest BCUT2D eigenvalue weighted by Crippen LogP contribution is -2.12. The lowest BCUT2D eigenvalue weighted by Gasteiger charge is -2.12. The van der Waals surface area contributed by atoms with Gasteiger partial charge in [-0.25, -0.2) is 14.2 Å². The maximum Gasteiger partial charge on any atom is 0.339 e. The summed E-state index contributed by atoms with van der Waals surface area (Å²) in [7, 11) is 3.53. The predicted molar refractivity (Wildman–Crippen MR) is 69.8 cm³/mol. The average molecular weight is 277 g/mol. The molecule has 6 nitrogen and oxygen atoms in total. The van der Waals surface area contributed by atoms with E-state index in [1.54, 1.807) is 19.0 Å². The minimum atomic E-state index is -1.28. The second-order valence-electron chi connectivity index (χ2n) is 4.14.